The summed E-state index contributed by atoms with van der Waals surface area (Å²) < 4.78 is 20.0. The molecule has 13 heavy (non-hydrogen) atoms. The van der Waals surface area contributed by atoms with Crippen LogP contribution in [0.5, 0.6) is 0 Å². The molecule has 1 N–H and O–H groups in total. The van der Waals surface area contributed by atoms with Gasteiger partial charge in [0.2, 0.25) is 0 Å². The lowest BCUT2D eigenvalue weighted by molar-refractivity contribution is 0.560. The second-order valence-corrected chi connectivity index (χ2v) is 4.29. The molecular weight excluding hydrogens is 184 g/mol. The third-order valence-electron chi connectivity index (χ3n) is 2.54. The van der Waals surface area contributed by atoms with Crippen LogP contribution in [0.2, 0.25) is 0 Å². The third kappa shape index (κ3) is 1.67. The van der Waals surface area contributed by atoms with Crippen molar-refractivity contribution in [2.45, 2.75) is 30.6 Å². The quantitative estimate of drug-likeness (QED) is 0.699. The zero-order valence-corrected chi connectivity index (χ0v) is 8.14. The molecule has 0 aromatic heterocycles. The highest BCUT2D eigenvalue weighted by molar-refractivity contribution is 7.79. The molecule has 1 unspecified atom stereocenters. The Morgan fingerprint density at radius 3 is 2.77 bits per heavy atom. The van der Waals surface area contributed by atoms with Gasteiger partial charge in [0.1, 0.15) is 0 Å². The first-order chi connectivity index (χ1) is 6.29. The Bertz CT molecular complexity index is 347. The van der Waals surface area contributed by atoms with Gasteiger partial charge in [0.15, 0.2) is 11.1 Å². The fourth-order valence-electron chi connectivity index (χ4n) is 1.91. The third-order valence-corrected chi connectivity index (χ3v) is 3.30. The van der Waals surface area contributed by atoms with E-state index in [1.165, 1.54) is 12.0 Å². The molecule has 2 nitrogen and oxygen atoms in total. The molecule has 0 heterocycles. The standard InChI is InChI=1S/C10H12O2S/c11-13(12)10-7-3-5-8-4-1-2-6-9(8)10/h3,5,7H,1-2,4,6H2,(H,11,12). The van der Waals surface area contributed by atoms with Gasteiger partial charge >= 0.3 is 0 Å². The largest absolute Gasteiger partial charge is 0.302 e. The van der Waals surface area contributed by atoms with Crippen molar-refractivity contribution in [3.63, 3.8) is 0 Å². The molecule has 1 aromatic rings. The average Bonchev–Trinajstić information content (AvgIpc) is 2.17. The van der Waals surface area contributed by atoms with E-state index in [0.717, 1.165) is 24.8 Å². The van der Waals surface area contributed by atoms with E-state index in [1.807, 2.05) is 6.07 Å². The fraction of sp³-hybridized carbons (Fsp3) is 0.400. The van der Waals surface area contributed by atoms with Gasteiger partial charge in [-0.05, 0) is 42.9 Å². The first-order valence-corrected chi connectivity index (χ1v) is 5.61. The zero-order chi connectivity index (χ0) is 9.26. The molecule has 0 aliphatic heterocycles. The molecule has 0 bridgehead atoms. The van der Waals surface area contributed by atoms with Crippen molar-refractivity contribution in [1.29, 1.82) is 0 Å². The van der Waals surface area contributed by atoms with Gasteiger partial charge in [0, 0.05) is 0 Å². The van der Waals surface area contributed by atoms with Crippen LogP contribution in [0.1, 0.15) is 24.0 Å². The van der Waals surface area contributed by atoms with Gasteiger partial charge in [-0.3, -0.25) is 0 Å². The van der Waals surface area contributed by atoms with Crippen molar-refractivity contribution in [3.05, 3.63) is 29.3 Å². The van der Waals surface area contributed by atoms with Crippen LogP contribution in [-0.4, -0.2) is 8.76 Å². The summed E-state index contributed by atoms with van der Waals surface area (Å²) >= 11 is -1.82. The van der Waals surface area contributed by atoms with Crippen LogP contribution in [0.4, 0.5) is 0 Å². The van der Waals surface area contributed by atoms with Crippen molar-refractivity contribution in [1.82, 2.24) is 0 Å². The van der Waals surface area contributed by atoms with Gasteiger partial charge in [0.05, 0.1) is 4.90 Å². The minimum atomic E-state index is -1.82. The number of fused-ring (bicyclic) bond motifs is 1. The van der Waals surface area contributed by atoms with Gasteiger partial charge in [-0.25, -0.2) is 4.21 Å². The Morgan fingerprint density at radius 1 is 1.23 bits per heavy atom. The summed E-state index contributed by atoms with van der Waals surface area (Å²) in [6, 6.07) is 5.68. The second-order valence-electron chi connectivity index (χ2n) is 3.35. The van der Waals surface area contributed by atoms with Gasteiger partial charge in [-0.1, -0.05) is 12.1 Å². The van der Waals surface area contributed by atoms with E-state index in [4.69, 9.17) is 4.55 Å². The van der Waals surface area contributed by atoms with Crippen LogP contribution in [0, 0.1) is 0 Å². The van der Waals surface area contributed by atoms with E-state index in [-0.39, 0.29) is 0 Å². The van der Waals surface area contributed by atoms with E-state index in [2.05, 4.69) is 6.07 Å². The van der Waals surface area contributed by atoms with Crippen LogP contribution in [0.3, 0.4) is 0 Å². The molecule has 1 aliphatic carbocycles. The molecule has 1 aromatic carbocycles. The first-order valence-electron chi connectivity index (χ1n) is 4.50. The summed E-state index contributed by atoms with van der Waals surface area (Å²) in [4.78, 5) is 0.609. The predicted octanol–water partition coefficient (Wildman–Crippen LogP) is 2.15. The maximum Gasteiger partial charge on any atom is 0.186 e. The normalized spacial score (nSPS) is 17.9. The molecule has 3 heteroatoms. The zero-order valence-electron chi connectivity index (χ0n) is 7.32. The van der Waals surface area contributed by atoms with Gasteiger partial charge in [-0.15, -0.1) is 0 Å². The van der Waals surface area contributed by atoms with Crippen molar-refractivity contribution >= 4 is 11.1 Å². The average molecular weight is 196 g/mol. The van der Waals surface area contributed by atoms with Crippen molar-refractivity contribution in [2.75, 3.05) is 0 Å². The Balaban J connectivity index is 2.52. The molecule has 0 saturated heterocycles. The summed E-state index contributed by atoms with van der Waals surface area (Å²) in [6.07, 6.45) is 4.36. The summed E-state index contributed by atoms with van der Waals surface area (Å²) in [6.45, 7) is 0. The number of rotatable bonds is 1. The smallest absolute Gasteiger partial charge is 0.186 e. The SMILES string of the molecule is O=S(O)c1cccc2c1CCCC2. The van der Waals surface area contributed by atoms with Crippen LogP contribution in [-0.2, 0) is 23.9 Å². The monoisotopic (exact) mass is 196 g/mol. The van der Waals surface area contributed by atoms with Crippen molar-refractivity contribution < 1.29 is 8.76 Å². The molecule has 0 spiro atoms. The van der Waals surface area contributed by atoms with Crippen molar-refractivity contribution in [3.8, 4) is 0 Å². The van der Waals surface area contributed by atoms with Crippen LogP contribution in [0.15, 0.2) is 23.1 Å². The minimum Gasteiger partial charge on any atom is -0.302 e. The number of aryl methyl sites for hydroxylation is 1. The number of hydrogen-bond donors (Lipinski definition) is 1. The second kappa shape index (κ2) is 3.60. The molecule has 0 fully saturated rings. The summed E-state index contributed by atoms with van der Waals surface area (Å²) in [5.41, 5.74) is 2.36. The number of benzene rings is 1. The van der Waals surface area contributed by atoms with E-state index in [9.17, 15) is 4.21 Å². The molecule has 2 rings (SSSR count). The Hall–Kier alpha value is -0.670. The lowest BCUT2D eigenvalue weighted by Crippen LogP contribution is -2.06. The van der Waals surface area contributed by atoms with Crippen molar-refractivity contribution in [2.24, 2.45) is 0 Å². The van der Waals surface area contributed by atoms with Gasteiger partial charge < -0.3 is 4.55 Å². The Morgan fingerprint density at radius 2 is 2.00 bits per heavy atom. The van der Waals surface area contributed by atoms with E-state index < -0.39 is 11.1 Å². The van der Waals surface area contributed by atoms with Gasteiger partial charge in [0.25, 0.3) is 0 Å². The molecule has 1 aliphatic rings. The number of hydrogen-bond acceptors (Lipinski definition) is 1. The Labute approximate surface area is 80.3 Å². The van der Waals surface area contributed by atoms with E-state index in [0.29, 0.717) is 4.90 Å². The van der Waals surface area contributed by atoms with Crippen LogP contribution < -0.4 is 0 Å². The summed E-state index contributed by atoms with van der Waals surface area (Å²) in [5, 5.41) is 0. The highest BCUT2D eigenvalue weighted by Gasteiger charge is 2.15. The predicted molar refractivity (Wildman–Crippen MR) is 52.1 cm³/mol. The topological polar surface area (TPSA) is 37.3 Å². The molecular formula is C10H12O2S. The van der Waals surface area contributed by atoms with E-state index in [1.54, 1.807) is 6.07 Å². The molecule has 1 atom stereocenters. The summed E-state index contributed by atoms with van der Waals surface area (Å²) in [7, 11) is 0. The van der Waals surface area contributed by atoms with Crippen LogP contribution >= 0.6 is 0 Å². The first kappa shape index (κ1) is 8.91. The van der Waals surface area contributed by atoms with Gasteiger partial charge in [-0.2, -0.15) is 0 Å². The summed E-state index contributed by atoms with van der Waals surface area (Å²) in [5.74, 6) is 0. The fourth-order valence-corrected chi connectivity index (χ4v) is 2.55. The molecule has 0 saturated carbocycles. The molecule has 0 amide bonds. The lowest BCUT2D eigenvalue weighted by atomic mass is 9.92. The van der Waals surface area contributed by atoms with Crippen LogP contribution in [0.25, 0.3) is 0 Å². The lowest BCUT2D eigenvalue weighted by Gasteiger charge is -2.17. The minimum absolute atomic E-state index is 0.609. The maximum atomic E-state index is 11.0. The highest BCUT2D eigenvalue weighted by Crippen LogP contribution is 2.25. The Kier molecular flexibility index (Phi) is 2.47. The molecule has 0 radical (unpaired) electrons. The highest BCUT2D eigenvalue weighted by atomic mass is 32.2. The van der Waals surface area contributed by atoms with E-state index >= 15 is 0 Å². The molecule has 70 valence electrons. The maximum absolute atomic E-state index is 11.0.